The molecule has 3 rings (SSSR count). The second-order valence-electron chi connectivity index (χ2n) is 5.29. The summed E-state index contributed by atoms with van der Waals surface area (Å²) in [6.07, 6.45) is 2.07. The fraction of sp³-hybridized carbons (Fsp3) is 0.167. The summed E-state index contributed by atoms with van der Waals surface area (Å²) < 4.78 is 6.59. The smallest absolute Gasteiger partial charge is 0.337 e. The van der Waals surface area contributed by atoms with E-state index in [1.54, 1.807) is 30.6 Å². The Morgan fingerprint density at radius 2 is 1.88 bits per heavy atom. The minimum absolute atomic E-state index is 0.0985. The monoisotopic (exact) mass is 323 g/mol. The van der Waals surface area contributed by atoms with Crippen molar-refractivity contribution in [2.24, 2.45) is 0 Å². The molecule has 0 unspecified atom stereocenters. The molecule has 24 heavy (non-hydrogen) atoms. The van der Waals surface area contributed by atoms with E-state index in [0.717, 1.165) is 11.0 Å². The van der Waals surface area contributed by atoms with E-state index in [1.807, 2.05) is 28.8 Å². The van der Waals surface area contributed by atoms with Gasteiger partial charge in [-0.2, -0.15) is 0 Å². The molecule has 2 aromatic carbocycles. The summed E-state index contributed by atoms with van der Waals surface area (Å²) >= 11 is 0. The molecule has 0 fully saturated rings. The highest BCUT2D eigenvalue weighted by Crippen LogP contribution is 2.13. The van der Waals surface area contributed by atoms with Crippen molar-refractivity contribution >= 4 is 28.6 Å². The van der Waals surface area contributed by atoms with Crippen molar-refractivity contribution in [3.63, 3.8) is 0 Å². The number of methoxy groups -OCH3 is 1. The Bertz CT molecular complexity index is 869. The van der Waals surface area contributed by atoms with Crippen LogP contribution in [0.3, 0.4) is 0 Å². The van der Waals surface area contributed by atoms with E-state index >= 15 is 0 Å². The molecule has 6 nitrogen and oxygen atoms in total. The molecule has 1 N–H and O–H groups in total. The van der Waals surface area contributed by atoms with Crippen LogP contribution in [-0.2, 0) is 16.1 Å². The molecule has 0 saturated heterocycles. The van der Waals surface area contributed by atoms with Crippen LogP contribution in [-0.4, -0.2) is 28.5 Å². The molecule has 0 atom stereocenters. The number of hydrogen-bond acceptors (Lipinski definition) is 4. The minimum atomic E-state index is -0.403. The zero-order valence-electron chi connectivity index (χ0n) is 13.2. The first kappa shape index (κ1) is 15.7. The zero-order chi connectivity index (χ0) is 16.9. The number of imidazole rings is 1. The SMILES string of the molecule is COC(=O)c1ccc(NC(=O)CCn2cnc3ccccc32)cc1. The van der Waals surface area contributed by atoms with E-state index in [-0.39, 0.29) is 5.91 Å². The summed E-state index contributed by atoms with van der Waals surface area (Å²) in [5.41, 5.74) is 3.01. The third kappa shape index (κ3) is 3.43. The van der Waals surface area contributed by atoms with Crippen LogP contribution >= 0.6 is 0 Å². The Labute approximate surface area is 139 Å². The van der Waals surface area contributed by atoms with Crippen LogP contribution in [0.1, 0.15) is 16.8 Å². The highest BCUT2D eigenvalue weighted by molar-refractivity contribution is 5.93. The quantitative estimate of drug-likeness (QED) is 0.733. The predicted molar refractivity (Wildman–Crippen MR) is 90.8 cm³/mol. The Morgan fingerprint density at radius 3 is 2.62 bits per heavy atom. The Balaban J connectivity index is 1.58. The van der Waals surface area contributed by atoms with Crippen LogP contribution in [0.2, 0.25) is 0 Å². The van der Waals surface area contributed by atoms with Gasteiger partial charge >= 0.3 is 5.97 Å². The molecule has 0 saturated carbocycles. The summed E-state index contributed by atoms with van der Waals surface area (Å²) in [7, 11) is 1.33. The second-order valence-corrected chi connectivity index (χ2v) is 5.29. The van der Waals surface area contributed by atoms with Gasteiger partial charge < -0.3 is 14.6 Å². The molecule has 0 aliphatic rings. The first-order chi connectivity index (χ1) is 11.7. The van der Waals surface area contributed by atoms with E-state index in [0.29, 0.717) is 24.2 Å². The van der Waals surface area contributed by atoms with Crippen molar-refractivity contribution in [3.05, 3.63) is 60.4 Å². The van der Waals surface area contributed by atoms with Crippen molar-refractivity contribution in [1.29, 1.82) is 0 Å². The topological polar surface area (TPSA) is 73.2 Å². The van der Waals surface area contributed by atoms with E-state index in [9.17, 15) is 9.59 Å². The molecular weight excluding hydrogens is 306 g/mol. The van der Waals surface area contributed by atoms with Crippen molar-refractivity contribution in [3.8, 4) is 0 Å². The van der Waals surface area contributed by atoms with Gasteiger partial charge in [-0.3, -0.25) is 4.79 Å². The predicted octanol–water partition coefficient (Wildman–Crippen LogP) is 2.85. The highest BCUT2D eigenvalue weighted by atomic mass is 16.5. The average Bonchev–Trinajstić information content (AvgIpc) is 3.03. The molecule has 1 heterocycles. The van der Waals surface area contributed by atoms with Crippen molar-refractivity contribution < 1.29 is 14.3 Å². The Kier molecular flexibility index (Phi) is 4.56. The van der Waals surface area contributed by atoms with Gasteiger partial charge in [0.25, 0.3) is 0 Å². The number of carbonyl (C=O) groups excluding carboxylic acids is 2. The number of rotatable bonds is 5. The van der Waals surface area contributed by atoms with Crippen LogP contribution in [0.15, 0.2) is 54.9 Å². The first-order valence-corrected chi connectivity index (χ1v) is 7.55. The van der Waals surface area contributed by atoms with Gasteiger partial charge in [-0.25, -0.2) is 9.78 Å². The van der Waals surface area contributed by atoms with Gasteiger partial charge in [0, 0.05) is 18.7 Å². The number of anilines is 1. The summed E-state index contributed by atoms with van der Waals surface area (Å²) in [5, 5.41) is 2.81. The standard InChI is InChI=1S/C18H17N3O3/c1-24-18(23)13-6-8-14(9-7-13)20-17(22)10-11-21-12-19-15-4-2-3-5-16(15)21/h2-9,12H,10-11H2,1H3,(H,20,22). The number of nitrogens with zero attached hydrogens (tertiary/aromatic N) is 2. The number of hydrogen-bond donors (Lipinski definition) is 1. The number of nitrogens with one attached hydrogen (secondary N) is 1. The van der Waals surface area contributed by atoms with Crippen LogP contribution < -0.4 is 5.32 Å². The van der Waals surface area contributed by atoms with Gasteiger partial charge in [-0.15, -0.1) is 0 Å². The number of aromatic nitrogens is 2. The molecule has 1 aromatic heterocycles. The third-order valence-electron chi connectivity index (χ3n) is 3.70. The minimum Gasteiger partial charge on any atom is -0.465 e. The number of fused-ring (bicyclic) bond motifs is 1. The number of benzene rings is 2. The van der Waals surface area contributed by atoms with Gasteiger partial charge in [-0.05, 0) is 36.4 Å². The highest BCUT2D eigenvalue weighted by Gasteiger charge is 2.08. The Hall–Kier alpha value is -3.15. The molecule has 0 radical (unpaired) electrons. The van der Waals surface area contributed by atoms with Gasteiger partial charge in [0.1, 0.15) is 0 Å². The summed E-state index contributed by atoms with van der Waals surface area (Å²) in [4.78, 5) is 27.8. The number of carbonyl (C=O) groups is 2. The van der Waals surface area contributed by atoms with Crippen LogP contribution in [0.4, 0.5) is 5.69 Å². The number of aryl methyl sites for hydroxylation is 1. The number of amides is 1. The lowest BCUT2D eigenvalue weighted by Gasteiger charge is -2.07. The maximum absolute atomic E-state index is 12.1. The lowest BCUT2D eigenvalue weighted by Crippen LogP contribution is -2.14. The third-order valence-corrected chi connectivity index (χ3v) is 3.70. The molecule has 6 heteroatoms. The van der Waals surface area contributed by atoms with Crippen LogP contribution in [0, 0.1) is 0 Å². The number of para-hydroxylation sites is 2. The summed E-state index contributed by atoms with van der Waals surface area (Å²) in [5.74, 6) is -0.501. The zero-order valence-corrected chi connectivity index (χ0v) is 13.2. The summed E-state index contributed by atoms with van der Waals surface area (Å²) in [6.45, 7) is 0.548. The number of esters is 1. The van der Waals surface area contributed by atoms with Crippen LogP contribution in [0.25, 0.3) is 11.0 Å². The lowest BCUT2D eigenvalue weighted by atomic mass is 10.2. The Morgan fingerprint density at radius 1 is 1.12 bits per heavy atom. The second kappa shape index (κ2) is 6.95. The molecule has 0 bridgehead atoms. The molecular formula is C18H17N3O3. The maximum atomic E-state index is 12.1. The van der Waals surface area contributed by atoms with Gasteiger partial charge in [-0.1, -0.05) is 12.1 Å². The molecule has 3 aromatic rings. The van der Waals surface area contributed by atoms with Crippen molar-refractivity contribution in [1.82, 2.24) is 9.55 Å². The molecule has 1 amide bonds. The van der Waals surface area contributed by atoms with E-state index in [4.69, 9.17) is 0 Å². The average molecular weight is 323 g/mol. The summed E-state index contributed by atoms with van der Waals surface area (Å²) in [6, 6.07) is 14.4. The van der Waals surface area contributed by atoms with Crippen molar-refractivity contribution in [2.75, 3.05) is 12.4 Å². The molecule has 0 aliphatic carbocycles. The molecule has 0 aliphatic heterocycles. The lowest BCUT2D eigenvalue weighted by molar-refractivity contribution is -0.116. The van der Waals surface area contributed by atoms with Gasteiger partial charge in [0.05, 0.1) is 30.0 Å². The van der Waals surface area contributed by atoms with Crippen molar-refractivity contribution in [2.45, 2.75) is 13.0 Å². The van der Waals surface area contributed by atoms with Gasteiger partial charge in [0.15, 0.2) is 0 Å². The molecule has 122 valence electrons. The maximum Gasteiger partial charge on any atom is 0.337 e. The van der Waals surface area contributed by atoms with Crippen LogP contribution in [0.5, 0.6) is 0 Å². The first-order valence-electron chi connectivity index (χ1n) is 7.55. The number of ether oxygens (including phenoxy) is 1. The normalized spacial score (nSPS) is 10.5. The fourth-order valence-electron chi connectivity index (χ4n) is 2.44. The molecule has 0 spiro atoms. The van der Waals surface area contributed by atoms with E-state index < -0.39 is 5.97 Å². The largest absolute Gasteiger partial charge is 0.465 e. The van der Waals surface area contributed by atoms with E-state index in [1.165, 1.54) is 7.11 Å². The van der Waals surface area contributed by atoms with Gasteiger partial charge in [0.2, 0.25) is 5.91 Å². The van der Waals surface area contributed by atoms with E-state index in [2.05, 4.69) is 15.0 Å². The fourth-order valence-corrected chi connectivity index (χ4v) is 2.44.